The van der Waals surface area contributed by atoms with Crippen molar-refractivity contribution < 1.29 is 18.0 Å². The number of nitrogens with two attached hydrogens (primary N) is 1. The SMILES string of the molecule is Cc1ccc(C(=O)Nc2ccc(Cl)c(C(F)(F)F)c2)cc1Nc1ncccc1-c1cc(N)ncn1. The highest BCUT2D eigenvalue weighted by atomic mass is 35.5. The number of anilines is 4. The van der Waals surface area contributed by atoms with Gasteiger partial charge in [-0.05, 0) is 55.0 Å². The Bertz CT molecular complexity index is 1410. The zero-order valence-corrected chi connectivity index (χ0v) is 18.9. The maximum Gasteiger partial charge on any atom is 0.417 e. The van der Waals surface area contributed by atoms with Crippen LogP contribution in [0.3, 0.4) is 0 Å². The molecule has 0 saturated heterocycles. The number of halogens is 4. The fourth-order valence-electron chi connectivity index (χ4n) is 3.28. The van der Waals surface area contributed by atoms with E-state index in [1.165, 1.54) is 12.4 Å². The minimum absolute atomic E-state index is 0.0322. The van der Waals surface area contributed by atoms with Gasteiger partial charge in [0.25, 0.3) is 5.91 Å². The van der Waals surface area contributed by atoms with E-state index in [1.54, 1.807) is 36.5 Å². The van der Waals surface area contributed by atoms with Crippen LogP contribution in [0.4, 0.5) is 36.2 Å². The van der Waals surface area contributed by atoms with Crippen LogP contribution < -0.4 is 16.4 Å². The second-order valence-corrected chi connectivity index (χ2v) is 7.94. The third-order valence-electron chi connectivity index (χ3n) is 5.05. The number of benzene rings is 2. The van der Waals surface area contributed by atoms with Gasteiger partial charge in [-0.25, -0.2) is 15.0 Å². The van der Waals surface area contributed by atoms with E-state index in [-0.39, 0.29) is 11.3 Å². The molecule has 2 aromatic carbocycles. The Kier molecular flexibility index (Phi) is 6.57. The van der Waals surface area contributed by atoms with Crippen molar-refractivity contribution in [3.05, 3.63) is 88.8 Å². The molecular weight excluding hydrogens is 481 g/mol. The van der Waals surface area contributed by atoms with Gasteiger partial charge >= 0.3 is 6.18 Å². The normalized spacial score (nSPS) is 11.2. The predicted molar refractivity (Wildman–Crippen MR) is 129 cm³/mol. The minimum atomic E-state index is -4.65. The summed E-state index contributed by atoms with van der Waals surface area (Å²) in [5.74, 6) is 0.183. The predicted octanol–water partition coefficient (Wildman–Crippen LogP) is 6.10. The van der Waals surface area contributed by atoms with Gasteiger partial charge in [0.15, 0.2) is 0 Å². The monoisotopic (exact) mass is 498 g/mol. The van der Waals surface area contributed by atoms with Crippen molar-refractivity contribution >= 4 is 40.5 Å². The summed E-state index contributed by atoms with van der Waals surface area (Å²) in [6.45, 7) is 1.84. The lowest BCUT2D eigenvalue weighted by Gasteiger charge is -2.15. The lowest BCUT2D eigenvalue weighted by Crippen LogP contribution is -2.14. The molecule has 7 nitrogen and oxygen atoms in total. The number of pyridine rings is 1. The van der Waals surface area contributed by atoms with Crippen molar-refractivity contribution in [3.8, 4) is 11.3 Å². The van der Waals surface area contributed by atoms with Crippen molar-refractivity contribution in [1.82, 2.24) is 15.0 Å². The minimum Gasteiger partial charge on any atom is -0.384 e. The number of nitrogens with zero attached hydrogens (tertiary/aromatic N) is 3. The summed E-state index contributed by atoms with van der Waals surface area (Å²) in [7, 11) is 0. The number of aromatic nitrogens is 3. The first-order valence-corrected chi connectivity index (χ1v) is 10.6. The molecule has 0 aliphatic carbocycles. The zero-order valence-electron chi connectivity index (χ0n) is 18.2. The molecule has 178 valence electrons. The van der Waals surface area contributed by atoms with E-state index >= 15 is 0 Å². The molecule has 4 rings (SSSR count). The van der Waals surface area contributed by atoms with E-state index < -0.39 is 22.7 Å². The number of alkyl halides is 3. The van der Waals surface area contributed by atoms with Crippen molar-refractivity contribution in [1.29, 1.82) is 0 Å². The number of hydrogen-bond acceptors (Lipinski definition) is 6. The van der Waals surface area contributed by atoms with E-state index in [1.807, 2.05) is 13.0 Å². The second kappa shape index (κ2) is 9.59. The van der Waals surface area contributed by atoms with Gasteiger partial charge in [0.05, 0.1) is 16.3 Å². The van der Waals surface area contributed by atoms with Gasteiger partial charge in [-0.1, -0.05) is 17.7 Å². The number of aryl methyl sites for hydroxylation is 1. The van der Waals surface area contributed by atoms with Crippen LogP contribution in [0.15, 0.2) is 67.1 Å². The molecule has 11 heteroatoms. The Hall–Kier alpha value is -4.18. The smallest absolute Gasteiger partial charge is 0.384 e. The molecule has 4 N–H and O–H groups in total. The molecule has 0 atom stereocenters. The highest BCUT2D eigenvalue weighted by Crippen LogP contribution is 2.36. The first-order chi connectivity index (χ1) is 16.6. The second-order valence-electron chi connectivity index (χ2n) is 7.53. The van der Waals surface area contributed by atoms with Crippen LogP contribution in [0.25, 0.3) is 11.3 Å². The molecule has 0 radical (unpaired) electrons. The number of nitrogens with one attached hydrogen (secondary N) is 2. The number of amides is 1. The summed E-state index contributed by atoms with van der Waals surface area (Å²) in [4.78, 5) is 25.3. The lowest BCUT2D eigenvalue weighted by molar-refractivity contribution is -0.137. The highest BCUT2D eigenvalue weighted by Gasteiger charge is 2.33. The summed E-state index contributed by atoms with van der Waals surface area (Å²) in [5.41, 5.74) is 7.55. The molecule has 0 unspecified atom stereocenters. The number of carbonyl (C=O) groups is 1. The van der Waals surface area contributed by atoms with E-state index in [9.17, 15) is 18.0 Å². The molecule has 0 spiro atoms. The fraction of sp³-hybridized carbons (Fsp3) is 0.0833. The van der Waals surface area contributed by atoms with Gasteiger partial charge in [0.2, 0.25) is 0 Å². The number of nitrogen functional groups attached to an aromatic ring is 1. The molecule has 0 bridgehead atoms. The Morgan fingerprint density at radius 3 is 2.57 bits per heavy atom. The van der Waals surface area contributed by atoms with Crippen LogP contribution in [0.2, 0.25) is 5.02 Å². The lowest BCUT2D eigenvalue weighted by atomic mass is 10.1. The number of rotatable bonds is 5. The first-order valence-electron chi connectivity index (χ1n) is 10.2. The Morgan fingerprint density at radius 2 is 1.83 bits per heavy atom. The number of carbonyl (C=O) groups excluding carboxylic acids is 1. The van der Waals surface area contributed by atoms with Crippen LogP contribution in [0.1, 0.15) is 21.5 Å². The molecule has 0 fully saturated rings. The quantitative estimate of drug-likeness (QED) is 0.307. The third kappa shape index (κ3) is 5.49. The average Bonchev–Trinajstić information content (AvgIpc) is 2.81. The first kappa shape index (κ1) is 24.0. The average molecular weight is 499 g/mol. The van der Waals surface area contributed by atoms with Gasteiger partial charge in [-0.2, -0.15) is 13.2 Å². The van der Waals surface area contributed by atoms with E-state index in [2.05, 4.69) is 25.6 Å². The van der Waals surface area contributed by atoms with Crippen molar-refractivity contribution in [2.75, 3.05) is 16.4 Å². The Balaban J connectivity index is 1.61. The van der Waals surface area contributed by atoms with Crippen molar-refractivity contribution in [2.24, 2.45) is 0 Å². The summed E-state index contributed by atoms with van der Waals surface area (Å²) in [6.07, 6.45) is -1.70. The van der Waals surface area contributed by atoms with E-state index in [4.69, 9.17) is 17.3 Å². The van der Waals surface area contributed by atoms with Crippen LogP contribution >= 0.6 is 11.6 Å². The van der Waals surface area contributed by atoms with Gasteiger partial charge in [0.1, 0.15) is 18.0 Å². The van der Waals surface area contributed by atoms with Crippen LogP contribution in [0.5, 0.6) is 0 Å². The Morgan fingerprint density at radius 1 is 1.03 bits per heavy atom. The molecule has 1 amide bonds. The Labute approximate surface area is 203 Å². The van der Waals surface area contributed by atoms with Crippen molar-refractivity contribution in [2.45, 2.75) is 13.1 Å². The summed E-state index contributed by atoms with van der Waals surface area (Å²) < 4.78 is 39.4. The maximum atomic E-state index is 13.1. The van der Waals surface area contributed by atoms with Gasteiger partial charge in [-0.3, -0.25) is 4.79 Å². The topological polar surface area (TPSA) is 106 Å². The molecule has 0 saturated carbocycles. The van der Waals surface area contributed by atoms with Gasteiger partial charge in [-0.15, -0.1) is 0 Å². The molecule has 2 aromatic heterocycles. The van der Waals surface area contributed by atoms with Gasteiger partial charge < -0.3 is 16.4 Å². The van der Waals surface area contributed by atoms with Crippen molar-refractivity contribution in [3.63, 3.8) is 0 Å². The molecule has 4 aromatic rings. The number of hydrogen-bond donors (Lipinski definition) is 3. The van der Waals surface area contributed by atoms with Crippen LogP contribution in [0, 0.1) is 6.92 Å². The largest absolute Gasteiger partial charge is 0.417 e. The zero-order chi connectivity index (χ0) is 25.2. The summed E-state index contributed by atoms with van der Waals surface area (Å²) in [5, 5.41) is 5.23. The molecule has 2 heterocycles. The standard InChI is InChI=1S/C24H18ClF3N6O/c1-13-4-5-14(23(35)33-15-6-7-18(25)17(10-15)24(26,27)28)9-19(13)34-22-16(3-2-8-30-22)20-11-21(29)32-12-31-20/h2-12H,1H3,(H,30,34)(H,33,35)(H2,29,31,32). The fourth-order valence-corrected chi connectivity index (χ4v) is 3.50. The summed E-state index contributed by atoms with van der Waals surface area (Å²) in [6, 6.07) is 13.2. The third-order valence-corrected chi connectivity index (χ3v) is 5.38. The maximum absolute atomic E-state index is 13.1. The van der Waals surface area contributed by atoms with Crippen LogP contribution in [-0.4, -0.2) is 20.9 Å². The van der Waals surface area contributed by atoms with Crippen LogP contribution in [-0.2, 0) is 6.18 Å². The van der Waals surface area contributed by atoms with E-state index in [0.717, 1.165) is 17.7 Å². The van der Waals surface area contributed by atoms with Gasteiger partial charge in [0, 0.05) is 34.8 Å². The summed E-state index contributed by atoms with van der Waals surface area (Å²) >= 11 is 5.65. The molecule has 0 aliphatic rings. The highest BCUT2D eigenvalue weighted by molar-refractivity contribution is 6.31. The van der Waals surface area contributed by atoms with E-state index in [0.29, 0.717) is 28.6 Å². The molecule has 35 heavy (non-hydrogen) atoms. The molecule has 0 aliphatic heterocycles. The molecular formula is C24H18ClF3N6O.